The lowest BCUT2D eigenvalue weighted by atomic mass is 9.77. The van der Waals surface area contributed by atoms with Crippen molar-refractivity contribution in [1.82, 2.24) is 9.97 Å². The van der Waals surface area contributed by atoms with Crippen molar-refractivity contribution in [2.24, 2.45) is 5.41 Å². The Balaban J connectivity index is 2.42. The van der Waals surface area contributed by atoms with Gasteiger partial charge in [-0.1, -0.05) is 52.3 Å². The quantitative estimate of drug-likeness (QED) is 0.181. The second-order valence-corrected chi connectivity index (χ2v) is 12.7. The molecule has 36 heavy (non-hydrogen) atoms. The zero-order chi connectivity index (χ0) is 27.5. The summed E-state index contributed by atoms with van der Waals surface area (Å²) < 4.78 is 38.1. The number of rotatable bonds is 9. The van der Waals surface area contributed by atoms with Gasteiger partial charge in [-0.2, -0.15) is 0 Å². The number of sulfone groups is 1. The number of aliphatic hydroxyl groups is 2. The highest BCUT2D eigenvalue weighted by molar-refractivity contribution is 7.90. The van der Waals surface area contributed by atoms with E-state index in [4.69, 9.17) is 0 Å². The summed E-state index contributed by atoms with van der Waals surface area (Å²) in [5, 5.41) is 21.3. The highest BCUT2D eigenvalue weighted by atomic mass is 32.2. The number of hydrogen-bond donors (Lipinski definition) is 2. The Morgan fingerprint density at radius 1 is 1.08 bits per heavy atom. The molecule has 0 aliphatic heterocycles. The third-order valence-corrected chi connectivity index (χ3v) is 6.63. The van der Waals surface area contributed by atoms with Gasteiger partial charge >= 0.3 is 0 Å². The Labute approximate surface area is 214 Å². The van der Waals surface area contributed by atoms with Gasteiger partial charge in [-0.25, -0.2) is 22.8 Å². The minimum atomic E-state index is -3.67. The van der Waals surface area contributed by atoms with Crippen LogP contribution in [0.2, 0.25) is 0 Å². The monoisotopic (exact) mass is 518 g/mol. The molecule has 2 rings (SSSR count). The molecule has 2 N–H and O–H groups in total. The number of aromatic nitrogens is 2. The molecular formula is C28H39FN2O4S. The van der Waals surface area contributed by atoms with E-state index in [1.165, 1.54) is 12.1 Å². The predicted molar refractivity (Wildman–Crippen MR) is 143 cm³/mol. The number of nitrogens with zero attached hydrogens (tertiary/aromatic N) is 2. The average Bonchev–Trinajstić information content (AvgIpc) is 2.71. The van der Waals surface area contributed by atoms with Crippen molar-refractivity contribution >= 4 is 15.9 Å². The molecule has 0 spiro atoms. The fourth-order valence-corrected chi connectivity index (χ4v) is 5.13. The van der Waals surface area contributed by atoms with Crippen molar-refractivity contribution in [1.29, 1.82) is 0 Å². The largest absolute Gasteiger partial charge is 0.362 e. The van der Waals surface area contributed by atoms with Gasteiger partial charge in [-0.3, -0.25) is 0 Å². The van der Waals surface area contributed by atoms with Crippen molar-refractivity contribution in [3.05, 3.63) is 58.6 Å². The van der Waals surface area contributed by atoms with E-state index in [-0.39, 0.29) is 22.9 Å². The topological polar surface area (TPSA) is 100 Å². The maximum atomic E-state index is 13.6. The summed E-state index contributed by atoms with van der Waals surface area (Å²) in [6.45, 7) is 13.5. The minimum Gasteiger partial charge on any atom is -0.362 e. The van der Waals surface area contributed by atoms with Crippen LogP contribution in [-0.4, -0.2) is 40.6 Å². The fraction of sp³-hybridized carbons (Fsp3) is 0.500. The van der Waals surface area contributed by atoms with Crippen molar-refractivity contribution in [3.8, 4) is 11.3 Å². The molecule has 6 nitrogen and oxygen atoms in total. The van der Waals surface area contributed by atoms with Crippen molar-refractivity contribution in [3.63, 3.8) is 0 Å². The summed E-state index contributed by atoms with van der Waals surface area (Å²) >= 11 is 0. The van der Waals surface area contributed by atoms with Crippen LogP contribution >= 0.6 is 0 Å². The summed E-state index contributed by atoms with van der Waals surface area (Å²) in [6.07, 6.45) is 6.03. The van der Waals surface area contributed by atoms with Crippen LogP contribution in [-0.2, 0) is 9.84 Å². The Kier molecular flexibility index (Phi) is 9.37. The normalized spacial score (nSPS) is 13.0. The zero-order valence-electron chi connectivity index (χ0n) is 22.6. The molecule has 198 valence electrons. The standard InChI is InChI=1S/C28H39FN2O4S/c1-18(2)23-22(12-10-9-11-17-28(32,33)25(19(3)4)27(5,6)7)24(20-13-15-21(29)16-14-20)31-26(30-23)36(8,34)35/h10,12-16,18,32-33H,9,11,17H2,1-8H3/b12-10+. The molecule has 0 unspecified atom stereocenters. The molecule has 0 saturated carbocycles. The zero-order valence-corrected chi connectivity index (χ0v) is 23.4. The first-order valence-electron chi connectivity index (χ1n) is 12.1. The molecule has 1 aromatic carbocycles. The first-order chi connectivity index (χ1) is 16.4. The van der Waals surface area contributed by atoms with E-state index in [2.05, 4.69) is 9.97 Å². The van der Waals surface area contributed by atoms with Crippen LogP contribution in [0.15, 0.2) is 46.6 Å². The first-order valence-corrected chi connectivity index (χ1v) is 14.0. The first kappa shape index (κ1) is 29.8. The predicted octanol–water partition coefficient (Wildman–Crippen LogP) is 6.06. The third kappa shape index (κ3) is 7.54. The van der Waals surface area contributed by atoms with E-state index in [0.717, 1.165) is 11.8 Å². The highest BCUT2D eigenvalue weighted by Gasteiger charge is 2.36. The van der Waals surface area contributed by atoms with Crippen LogP contribution in [0.1, 0.15) is 84.9 Å². The Bertz CT molecular complexity index is 1240. The van der Waals surface area contributed by atoms with Gasteiger partial charge in [-0.05, 0) is 67.9 Å². The smallest absolute Gasteiger partial charge is 0.247 e. The Morgan fingerprint density at radius 2 is 1.67 bits per heavy atom. The molecule has 0 fully saturated rings. The van der Waals surface area contributed by atoms with E-state index in [9.17, 15) is 23.0 Å². The third-order valence-electron chi connectivity index (χ3n) is 5.78. The molecule has 0 aliphatic rings. The number of allylic oxidation sites excluding steroid dienone is 2. The van der Waals surface area contributed by atoms with Crippen LogP contribution in [0.3, 0.4) is 0 Å². The lowest BCUT2D eigenvalue weighted by Gasteiger charge is -2.35. The minimum absolute atomic E-state index is 0.0955. The number of benzene rings is 1. The molecule has 8 heteroatoms. The van der Waals surface area contributed by atoms with Gasteiger partial charge in [0.1, 0.15) is 5.82 Å². The number of unbranched alkanes of at least 4 members (excludes halogenated alkanes) is 1. The maximum absolute atomic E-state index is 13.6. The Morgan fingerprint density at radius 3 is 2.14 bits per heavy atom. The van der Waals surface area contributed by atoms with Crippen LogP contribution < -0.4 is 0 Å². The molecule has 0 radical (unpaired) electrons. The van der Waals surface area contributed by atoms with Crippen LogP contribution in [0.25, 0.3) is 17.3 Å². The average molecular weight is 519 g/mol. The lowest BCUT2D eigenvalue weighted by molar-refractivity contribution is -0.144. The summed E-state index contributed by atoms with van der Waals surface area (Å²) in [5.74, 6) is -2.41. The van der Waals surface area contributed by atoms with Gasteiger partial charge in [0.15, 0.2) is 5.79 Å². The summed E-state index contributed by atoms with van der Waals surface area (Å²) in [5.41, 5.74) is 3.33. The molecule has 0 atom stereocenters. The van der Waals surface area contributed by atoms with Gasteiger partial charge in [0.2, 0.25) is 15.0 Å². The fourth-order valence-electron chi connectivity index (χ4n) is 4.61. The molecular weight excluding hydrogens is 479 g/mol. The lowest BCUT2D eigenvalue weighted by Crippen LogP contribution is -2.37. The molecule has 0 aliphatic carbocycles. The van der Waals surface area contributed by atoms with Gasteiger partial charge in [-0.15, -0.1) is 0 Å². The summed E-state index contributed by atoms with van der Waals surface area (Å²) in [4.78, 5) is 8.68. The molecule has 2 aromatic rings. The van der Waals surface area contributed by atoms with Crippen molar-refractivity contribution in [2.75, 3.05) is 6.26 Å². The van der Waals surface area contributed by atoms with Crippen LogP contribution in [0.4, 0.5) is 4.39 Å². The summed E-state index contributed by atoms with van der Waals surface area (Å²) in [6, 6.07) is 5.73. The summed E-state index contributed by atoms with van der Waals surface area (Å²) in [7, 11) is -3.67. The van der Waals surface area contributed by atoms with Crippen LogP contribution in [0.5, 0.6) is 0 Å². The van der Waals surface area contributed by atoms with Crippen molar-refractivity contribution < 1.29 is 23.0 Å². The van der Waals surface area contributed by atoms with E-state index >= 15 is 0 Å². The van der Waals surface area contributed by atoms with Gasteiger partial charge in [0, 0.05) is 23.8 Å². The number of hydrogen-bond acceptors (Lipinski definition) is 6. The van der Waals surface area contributed by atoms with E-state index < -0.39 is 21.4 Å². The maximum Gasteiger partial charge on any atom is 0.247 e. The second kappa shape index (κ2) is 11.3. The number of halogens is 1. The second-order valence-electron chi connectivity index (χ2n) is 10.8. The molecule has 0 bridgehead atoms. The van der Waals surface area contributed by atoms with Gasteiger partial charge < -0.3 is 10.2 Å². The molecule has 1 heterocycles. The van der Waals surface area contributed by atoms with Gasteiger partial charge in [0.05, 0.1) is 11.4 Å². The van der Waals surface area contributed by atoms with E-state index in [0.29, 0.717) is 40.9 Å². The SMILES string of the molecule is CC(C)=C(C(C)(C)C)C(O)(O)CCC/C=C/c1c(-c2ccc(F)cc2)nc(S(C)(=O)=O)nc1C(C)C. The highest BCUT2D eigenvalue weighted by Crippen LogP contribution is 2.38. The molecule has 0 saturated heterocycles. The Hall–Kier alpha value is -2.42. The van der Waals surface area contributed by atoms with E-state index in [1.54, 1.807) is 12.1 Å². The molecule has 0 amide bonds. The van der Waals surface area contributed by atoms with Crippen LogP contribution in [0, 0.1) is 11.2 Å². The van der Waals surface area contributed by atoms with Gasteiger partial charge in [0.25, 0.3) is 0 Å². The van der Waals surface area contributed by atoms with E-state index in [1.807, 2.05) is 60.6 Å². The molecule has 1 aromatic heterocycles. The van der Waals surface area contributed by atoms with Crippen molar-refractivity contribution in [2.45, 2.75) is 84.6 Å².